The Balaban J connectivity index is 1.58. The molecule has 6 nitrogen and oxygen atoms in total. The average molecular weight is 443 g/mol. The van der Waals surface area contributed by atoms with Crippen molar-refractivity contribution in [1.82, 2.24) is 0 Å². The van der Waals surface area contributed by atoms with Gasteiger partial charge in [-0.25, -0.2) is 4.79 Å². The standard InChI is InChI=1S/C26H38N2O4/c1-26(2,17-20-31-19-6-4-8-21-9-13-23(27)14-10-21)32-25(30)28-24-15-11-22(12-16-24)7-3-5-18-29/h9-16,29H,3-8,17-20,27H2,1-2H3,(H,28,30). The van der Waals surface area contributed by atoms with Gasteiger partial charge in [0.1, 0.15) is 5.60 Å². The van der Waals surface area contributed by atoms with Crippen LogP contribution in [-0.2, 0) is 22.3 Å². The summed E-state index contributed by atoms with van der Waals surface area (Å²) in [5.74, 6) is 0. The molecule has 0 bridgehead atoms. The summed E-state index contributed by atoms with van der Waals surface area (Å²) in [7, 11) is 0. The number of hydrogen-bond donors (Lipinski definition) is 3. The number of aliphatic hydroxyl groups excluding tert-OH is 1. The van der Waals surface area contributed by atoms with Crippen LogP contribution in [0.15, 0.2) is 48.5 Å². The van der Waals surface area contributed by atoms with E-state index in [2.05, 4.69) is 17.4 Å². The van der Waals surface area contributed by atoms with Gasteiger partial charge < -0.3 is 20.3 Å². The molecule has 2 aromatic carbocycles. The van der Waals surface area contributed by atoms with Gasteiger partial charge in [-0.2, -0.15) is 0 Å². The van der Waals surface area contributed by atoms with Crippen LogP contribution in [0.4, 0.5) is 16.2 Å². The van der Waals surface area contributed by atoms with Gasteiger partial charge in [-0.1, -0.05) is 24.3 Å². The topological polar surface area (TPSA) is 93.8 Å². The van der Waals surface area contributed by atoms with Gasteiger partial charge >= 0.3 is 6.09 Å². The van der Waals surface area contributed by atoms with Crippen LogP contribution < -0.4 is 11.1 Å². The highest BCUT2D eigenvalue weighted by Gasteiger charge is 2.22. The van der Waals surface area contributed by atoms with Gasteiger partial charge in [-0.15, -0.1) is 0 Å². The molecule has 0 atom stereocenters. The van der Waals surface area contributed by atoms with Crippen molar-refractivity contribution in [2.24, 2.45) is 0 Å². The number of nitrogens with one attached hydrogen (secondary N) is 1. The smallest absolute Gasteiger partial charge is 0.412 e. The molecule has 2 rings (SSSR count). The van der Waals surface area contributed by atoms with Crippen molar-refractivity contribution in [3.63, 3.8) is 0 Å². The summed E-state index contributed by atoms with van der Waals surface area (Å²) in [6.07, 6.45) is 5.89. The zero-order valence-corrected chi connectivity index (χ0v) is 19.4. The lowest BCUT2D eigenvalue weighted by molar-refractivity contribution is 0.0136. The Morgan fingerprint density at radius 3 is 2.12 bits per heavy atom. The lowest BCUT2D eigenvalue weighted by atomic mass is 10.1. The fourth-order valence-electron chi connectivity index (χ4n) is 3.28. The lowest BCUT2D eigenvalue weighted by Crippen LogP contribution is -2.32. The van der Waals surface area contributed by atoms with Gasteiger partial charge in [-0.05, 0) is 87.8 Å². The monoisotopic (exact) mass is 442 g/mol. The largest absolute Gasteiger partial charge is 0.443 e. The Labute approximate surface area is 192 Å². The van der Waals surface area contributed by atoms with Crippen molar-refractivity contribution in [2.45, 2.75) is 64.4 Å². The van der Waals surface area contributed by atoms with Gasteiger partial charge in [0.25, 0.3) is 0 Å². The van der Waals surface area contributed by atoms with Crippen molar-refractivity contribution in [2.75, 3.05) is 30.9 Å². The summed E-state index contributed by atoms with van der Waals surface area (Å²) >= 11 is 0. The number of aliphatic hydroxyl groups is 1. The molecule has 32 heavy (non-hydrogen) atoms. The molecule has 1 amide bonds. The van der Waals surface area contributed by atoms with E-state index >= 15 is 0 Å². The first-order chi connectivity index (χ1) is 15.4. The SMILES string of the molecule is CC(C)(CCOCCCCc1ccc(N)cc1)OC(=O)Nc1ccc(CCCCO)cc1. The number of aryl methyl sites for hydroxylation is 2. The summed E-state index contributed by atoms with van der Waals surface area (Å²) in [4.78, 5) is 12.2. The summed E-state index contributed by atoms with van der Waals surface area (Å²) in [6, 6.07) is 15.7. The number of nitrogens with two attached hydrogens (primary N) is 1. The van der Waals surface area contributed by atoms with Gasteiger partial charge in [0, 0.05) is 31.0 Å². The Morgan fingerprint density at radius 2 is 1.50 bits per heavy atom. The van der Waals surface area contributed by atoms with E-state index in [1.807, 2.05) is 50.2 Å². The van der Waals surface area contributed by atoms with E-state index in [4.69, 9.17) is 20.3 Å². The molecular weight excluding hydrogens is 404 g/mol. The fraction of sp³-hybridized carbons (Fsp3) is 0.500. The third-order valence-electron chi connectivity index (χ3n) is 5.28. The highest BCUT2D eigenvalue weighted by molar-refractivity contribution is 5.84. The van der Waals surface area contributed by atoms with Crippen LogP contribution in [0.25, 0.3) is 0 Å². The minimum atomic E-state index is -0.613. The molecule has 0 fully saturated rings. The first-order valence-corrected chi connectivity index (χ1v) is 11.5. The maximum Gasteiger partial charge on any atom is 0.412 e. The van der Waals surface area contributed by atoms with Crippen LogP contribution in [0.5, 0.6) is 0 Å². The second-order valence-corrected chi connectivity index (χ2v) is 8.71. The zero-order chi connectivity index (χ0) is 23.2. The molecule has 0 saturated heterocycles. The number of amides is 1. The van der Waals surface area contributed by atoms with Crippen LogP contribution in [0.2, 0.25) is 0 Å². The Morgan fingerprint density at radius 1 is 0.906 bits per heavy atom. The number of rotatable bonds is 14. The number of hydrogen-bond acceptors (Lipinski definition) is 5. The number of unbranched alkanes of at least 4 members (excludes halogenated alkanes) is 2. The number of carbonyl (C=O) groups is 1. The second kappa shape index (κ2) is 13.8. The number of carbonyl (C=O) groups excluding carboxylic acids is 1. The molecule has 0 aliphatic carbocycles. The fourth-order valence-corrected chi connectivity index (χ4v) is 3.28. The minimum absolute atomic E-state index is 0.219. The molecule has 0 spiro atoms. The number of benzene rings is 2. The molecule has 0 aromatic heterocycles. The second-order valence-electron chi connectivity index (χ2n) is 8.71. The van der Waals surface area contributed by atoms with E-state index in [0.29, 0.717) is 25.3 Å². The Kier molecular flexibility index (Phi) is 11.0. The number of ether oxygens (including phenoxy) is 2. The Hall–Kier alpha value is -2.57. The maximum absolute atomic E-state index is 12.2. The number of nitrogen functional groups attached to an aromatic ring is 1. The van der Waals surface area contributed by atoms with E-state index in [9.17, 15) is 4.79 Å². The van der Waals surface area contributed by atoms with E-state index in [-0.39, 0.29) is 6.61 Å². The Bertz CT molecular complexity index is 788. The molecule has 0 aliphatic rings. The lowest BCUT2D eigenvalue weighted by Gasteiger charge is -2.25. The molecule has 0 aliphatic heterocycles. The van der Waals surface area contributed by atoms with Crippen molar-refractivity contribution in [1.29, 1.82) is 0 Å². The van der Waals surface area contributed by atoms with Gasteiger partial charge in [0.05, 0.1) is 6.61 Å². The van der Waals surface area contributed by atoms with Crippen LogP contribution in [0, 0.1) is 0 Å². The zero-order valence-electron chi connectivity index (χ0n) is 19.4. The summed E-state index contributed by atoms with van der Waals surface area (Å²) in [5.41, 5.74) is 9.05. The normalized spacial score (nSPS) is 11.3. The van der Waals surface area contributed by atoms with E-state index in [1.165, 1.54) is 11.1 Å². The minimum Gasteiger partial charge on any atom is -0.443 e. The van der Waals surface area contributed by atoms with Crippen molar-refractivity contribution in [3.8, 4) is 0 Å². The average Bonchev–Trinajstić information content (AvgIpc) is 2.75. The van der Waals surface area contributed by atoms with Gasteiger partial charge in [0.2, 0.25) is 0 Å². The molecule has 2 aromatic rings. The maximum atomic E-state index is 12.2. The van der Waals surface area contributed by atoms with Crippen LogP contribution in [0.3, 0.4) is 0 Å². The van der Waals surface area contributed by atoms with E-state index < -0.39 is 11.7 Å². The van der Waals surface area contributed by atoms with Crippen molar-refractivity contribution < 1.29 is 19.4 Å². The van der Waals surface area contributed by atoms with Crippen molar-refractivity contribution in [3.05, 3.63) is 59.7 Å². The van der Waals surface area contributed by atoms with E-state index in [0.717, 1.165) is 44.2 Å². The summed E-state index contributed by atoms with van der Waals surface area (Å²) < 4.78 is 11.3. The molecule has 0 saturated carbocycles. The molecule has 176 valence electrons. The summed E-state index contributed by atoms with van der Waals surface area (Å²) in [5, 5.41) is 11.6. The van der Waals surface area contributed by atoms with Crippen LogP contribution in [-0.4, -0.2) is 36.6 Å². The third-order valence-corrected chi connectivity index (χ3v) is 5.28. The van der Waals surface area contributed by atoms with Crippen LogP contribution in [0.1, 0.15) is 57.1 Å². The van der Waals surface area contributed by atoms with Gasteiger partial charge in [-0.3, -0.25) is 5.32 Å². The quantitative estimate of drug-likeness (QED) is 0.271. The first-order valence-electron chi connectivity index (χ1n) is 11.5. The molecule has 4 N–H and O–H groups in total. The molecule has 6 heteroatoms. The highest BCUT2D eigenvalue weighted by Crippen LogP contribution is 2.18. The number of anilines is 2. The first kappa shape index (κ1) is 25.7. The molecule has 0 radical (unpaired) electrons. The molecule has 0 heterocycles. The highest BCUT2D eigenvalue weighted by atomic mass is 16.6. The molecular formula is C26H38N2O4. The summed E-state index contributed by atoms with van der Waals surface area (Å²) in [6.45, 7) is 5.24. The predicted octanol–water partition coefficient (Wildman–Crippen LogP) is 5.34. The predicted molar refractivity (Wildman–Crippen MR) is 130 cm³/mol. The van der Waals surface area contributed by atoms with E-state index in [1.54, 1.807) is 0 Å². The van der Waals surface area contributed by atoms with Gasteiger partial charge in [0.15, 0.2) is 0 Å². The van der Waals surface area contributed by atoms with Crippen LogP contribution >= 0.6 is 0 Å². The third kappa shape index (κ3) is 10.6. The molecule has 0 unspecified atom stereocenters. The van der Waals surface area contributed by atoms with Crippen molar-refractivity contribution >= 4 is 17.5 Å².